The molecule has 1 aliphatic rings. The van der Waals surface area contributed by atoms with Crippen molar-refractivity contribution < 1.29 is 24.2 Å². The van der Waals surface area contributed by atoms with Crippen LogP contribution in [0.1, 0.15) is 18.4 Å². The Kier molecular flexibility index (Phi) is 5.57. The number of hydrogen-bond acceptors (Lipinski definition) is 4. The van der Waals surface area contributed by atoms with Crippen LogP contribution in [-0.4, -0.2) is 36.8 Å². The summed E-state index contributed by atoms with van der Waals surface area (Å²) in [6, 6.07) is 7.05. The molecule has 1 saturated heterocycles. The molecule has 0 bridgehead atoms. The molecule has 1 fully saturated rings. The number of carboxylic acid groups (broad SMARTS) is 1. The Bertz CT molecular complexity index is 497. The molecule has 2 N–H and O–H groups in total. The lowest BCUT2D eigenvalue weighted by Gasteiger charge is -2.21. The van der Waals surface area contributed by atoms with Gasteiger partial charge in [-0.15, -0.1) is 0 Å². The summed E-state index contributed by atoms with van der Waals surface area (Å²) in [5.41, 5.74) is 0.873. The maximum absolute atomic E-state index is 12.0. The van der Waals surface area contributed by atoms with Crippen LogP contribution in [0.2, 0.25) is 0 Å². The molecule has 6 nitrogen and oxygen atoms in total. The van der Waals surface area contributed by atoms with Gasteiger partial charge in [-0.3, -0.25) is 4.79 Å². The maximum atomic E-state index is 12.0. The van der Waals surface area contributed by atoms with Crippen LogP contribution in [0.15, 0.2) is 24.3 Å². The zero-order valence-electron chi connectivity index (χ0n) is 11.7. The molecule has 1 aromatic rings. The predicted molar refractivity (Wildman–Crippen MR) is 75.0 cm³/mol. The monoisotopic (exact) mass is 293 g/mol. The van der Waals surface area contributed by atoms with E-state index in [0.29, 0.717) is 25.5 Å². The minimum Gasteiger partial charge on any atom is -0.482 e. The number of benzene rings is 1. The number of carbonyl (C=O) groups excluding carboxylic acids is 1. The van der Waals surface area contributed by atoms with Gasteiger partial charge in [0.2, 0.25) is 5.91 Å². The van der Waals surface area contributed by atoms with Gasteiger partial charge in [0.25, 0.3) is 0 Å². The fourth-order valence-electron chi connectivity index (χ4n) is 2.18. The van der Waals surface area contributed by atoms with E-state index < -0.39 is 5.97 Å². The van der Waals surface area contributed by atoms with E-state index in [2.05, 4.69) is 5.32 Å². The van der Waals surface area contributed by atoms with E-state index in [0.717, 1.165) is 18.4 Å². The molecule has 0 spiro atoms. The standard InChI is InChI=1S/C15H19NO5/c17-14(18)10-21-13-3-1-2-11(8-13)9-16-15(19)12-4-6-20-7-5-12/h1-3,8,12H,4-7,9-10H2,(H,16,19)(H,17,18). The van der Waals surface area contributed by atoms with Gasteiger partial charge in [-0.1, -0.05) is 12.1 Å². The van der Waals surface area contributed by atoms with Crippen molar-refractivity contribution in [1.82, 2.24) is 5.32 Å². The van der Waals surface area contributed by atoms with Crippen molar-refractivity contribution in [1.29, 1.82) is 0 Å². The minimum atomic E-state index is -1.02. The normalized spacial score (nSPS) is 15.4. The van der Waals surface area contributed by atoms with Crippen LogP contribution in [0, 0.1) is 5.92 Å². The van der Waals surface area contributed by atoms with Gasteiger partial charge >= 0.3 is 5.97 Å². The second kappa shape index (κ2) is 7.64. The highest BCUT2D eigenvalue weighted by atomic mass is 16.5. The Hall–Kier alpha value is -2.08. The number of carboxylic acids is 1. The van der Waals surface area contributed by atoms with Gasteiger partial charge in [-0.2, -0.15) is 0 Å². The molecule has 1 amide bonds. The fourth-order valence-corrected chi connectivity index (χ4v) is 2.18. The van der Waals surface area contributed by atoms with E-state index in [1.54, 1.807) is 18.2 Å². The summed E-state index contributed by atoms with van der Waals surface area (Å²) < 4.78 is 10.3. The Morgan fingerprint density at radius 3 is 2.81 bits per heavy atom. The van der Waals surface area contributed by atoms with Crippen molar-refractivity contribution in [3.8, 4) is 5.75 Å². The fraction of sp³-hybridized carbons (Fsp3) is 0.467. The first-order valence-corrected chi connectivity index (χ1v) is 6.94. The number of carbonyl (C=O) groups is 2. The van der Waals surface area contributed by atoms with Crippen LogP contribution in [0.5, 0.6) is 5.75 Å². The van der Waals surface area contributed by atoms with Gasteiger partial charge in [0, 0.05) is 25.7 Å². The van der Waals surface area contributed by atoms with Crippen molar-refractivity contribution in [2.24, 2.45) is 5.92 Å². The molecule has 0 aliphatic carbocycles. The van der Waals surface area contributed by atoms with Crippen molar-refractivity contribution in [3.63, 3.8) is 0 Å². The molecule has 0 radical (unpaired) electrons. The first-order chi connectivity index (χ1) is 10.1. The average molecular weight is 293 g/mol. The molecule has 1 heterocycles. The summed E-state index contributed by atoms with van der Waals surface area (Å²) in [7, 11) is 0. The van der Waals surface area contributed by atoms with E-state index in [1.807, 2.05) is 6.07 Å². The van der Waals surface area contributed by atoms with Crippen LogP contribution in [0.4, 0.5) is 0 Å². The largest absolute Gasteiger partial charge is 0.482 e. The lowest BCUT2D eigenvalue weighted by atomic mass is 9.99. The molecular weight excluding hydrogens is 274 g/mol. The Labute approximate surface area is 123 Å². The van der Waals surface area contributed by atoms with Crippen LogP contribution < -0.4 is 10.1 Å². The maximum Gasteiger partial charge on any atom is 0.341 e. The van der Waals surface area contributed by atoms with Crippen molar-refractivity contribution in [3.05, 3.63) is 29.8 Å². The Morgan fingerprint density at radius 1 is 1.33 bits per heavy atom. The van der Waals surface area contributed by atoms with E-state index >= 15 is 0 Å². The predicted octanol–water partition coefficient (Wildman–Crippen LogP) is 1.19. The second-order valence-electron chi connectivity index (χ2n) is 4.93. The topological polar surface area (TPSA) is 84.9 Å². The molecule has 0 unspecified atom stereocenters. The van der Waals surface area contributed by atoms with E-state index in [-0.39, 0.29) is 18.4 Å². The third-order valence-corrected chi connectivity index (χ3v) is 3.32. The van der Waals surface area contributed by atoms with Gasteiger partial charge in [0.15, 0.2) is 6.61 Å². The zero-order valence-corrected chi connectivity index (χ0v) is 11.7. The van der Waals surface area contributed by atoms with Crippen LogP contribution in [0.3, 0.4) is 0 Å². The number of aliphatic carboxylic acids is 1. The van der Waals surface area contributed by atoms with Crippen molar-refractivity contribution in [2.45, 2.75) is 19.4 Å². The van der Waals surface area contributed by atoms with E-state index in [4.69, 9.17) is 14.6 Å². The summed E-state index contributed by atoms with van der Waals surface area (Å²) in [5, 5.41) is 11.5. The average Bonchev–Trinajstić information content (AvgIpc) is 2.52. The Morgan fingerprint density at radius 2 is 2.10 bits per heavy atom. The molecular formula is C15H19NO5. The first-order valence-electron chi connectivity index (χ1n) is 6.94. The van der Waals surface area contributed by atoms with E-state index in [9.17, 15) is 9.59 Å². The number of nitrogens with one attached hydrogen (secondary N) is 1. The molecule has 2 rings (SSSR count). The quantitative estimate of drug-likeness (QED) is 0.823. The summed E-state index contributed by atoms with van der Waals surface area (Å²) in [4.78, 5) is 22.5. The first kappa shape index (κ1) is 15.3. The number of ether oxygens (including phenoxy) is 2. The van der Waals surface area contributed by atoms with Gasteiger partial charge in [0.05, 0.1) is 0 Å². The SMILES string of the molecule is O=C(O)COc1cccc(CNC(=O)C2CCOCC2)c1. The Balaban J connectivity index is 1.83. The van der Waals surface area contributed by atoms with E-state index in [1.165, 1.54) is 0 Å². The molecule has 114 valence electrons. The zero-order chi connectivity index (χ0) is 15.1. The molecule has 0 saturated carbocycles. The van der Waals surface area contributed by atoms with Gasteiger partial charge in [0.1, 0.15) is 5.75 Å². The summed E-state index contributed by atoms with van der Waals surface area (Å²) in [5.74, 6) is -0.483. The van der Waals surface area contributed by atoms with Gasteiger partial charge in [-0.25, -0.2) is 4.79 Å². The highest BCUT2D eigenvalue weighted by molar-refractivity contribution is 5.78. The highest BCUT2D eigenvalue weighted by Gasteiger charge is 2.20. The van der Waals surface area contributed by atoms with Crippen LogP contribution in [-0.2, 0) is 20.9 Å². The van der Waals surface area contributed by atoms with Crippen molar-refractivity contribution >= 4 is 11.9 Å². The number of amides is 1. The smallest absolute Gasteiger partial charge is 0.341 e. The molecule has 0 atom stereocenters. The highest BCUT2D eigenvalue weighted by Crippen LogP contribution is 2.16. The molecule has 1 aliphatic heterocycles. The van der Waals surface area contributed by atoms with Gasteiger partial charge < -0.3 is 19.9 Å². The third kappa shape index (κ3) is 5.07. The number of rotatable bonds is 6. The number of hydrogen-bond donors (Lipinski definition) is 2. The molecule has 0 aromatic heterocycles. The summed E-state index contributed by atoms with van der Waals surface area (Å²) in [6.45, 7) is 1.30. The van der Waals surface area contributed by atoms with Crippen LogP contribution in [0.25, 0.3) is 0 Å². The lowest BCUT2D eigenvalue weighted by Crippen LogP contribution is -2.33. The van der Waals surface area contributed by atoms with Crippen molar-refractivity contribution in [2.75, 3.05) is 19.8 Å². The second-order valence-corrected chi connectivity index (χ2v) is 4.93. The third-order valence-electron chi connectivity index (χ3n) is 3.32. The molecule has 1 aromatic carbocycles. The molecule has 6 heteroatoms. The van der Waals surface area contributed by atoms with Crippen LogP contribution >= 0.6 is 0 Å². The summed E-state index contributed by atoms with van der Waals surface area (Å²) in [6.07, 6.45) is 1.52. The molecule has 21 heavy (non-hydrogen) atoms. The minimum absolute atomic E-state index is 0.0187. The van der Waals surface area contributed by atoms with Gasteiger partial charge in [-0.05, 0) is 30.5 Å². The summed E-state index contributed by atoms with van der Waals surface area (Å²) >= 11 is 0. The lowest BCUT2D eigenvalue weighted by molar-refractivity contribution is -0.139.